The van der Waals surface area contributed by atoms with E-state index in [1.807, 2.05) is 85.1 Å². The Hall–Kier alpha value is -2.78. The molecule has 0 aliphatic carbocycles. The molecule has 1 N–H and O–H groups in total. The summed E-state index contributed by atoms with van der Waals surface area (Å²) >= 11 is 0. The summed E-state index contributed by atoms with van der Waals surface area (Å²) in [6.07, 6.45) is 4.14. The second-order valence-corrected chi connectivity index (χ2v) is 10.7. The van der Waals surface area contributed by atoms with Crippen molar-refractivity contribution in [3.05, 3.63) is 90.8 Å². The van der Waals surface area contributed by atoms with Crippen molar-refractivity contribution in [3.8, 4) is 11.1 Å². The van der Waals surface area contributed by atoms with E-state index in [0.29, 0.717) is 22.3 Å². The molecule has 3 heterocycles. The first-order valence-corrected chi connectivity index (χ1v) is 13.0. The molecular formula is C27H26IN3O2S. The van der Waals surface area contributed by atoms with Gasteiger partial charge in [0.05, 0.1) is 19.3 Å². The van der Waals surface area contributed by atoms with Crippen LogP contribution in [0.3, 0.4) is 0 Å². The summed E-state index contributed by atoms with van der Waals surface area (Å²) < 4.78 is 1.78. The maximum atomic E-state index is 13.3. The second-order valence-electron chi connectivity index (χ2n) is 8.28. The monoisotopic (exact) mass is 583 g/mol. The average molecular weight is 583 g/mol. The third-order valence-corrected chi connectivity index (χ3v) is 7.85. The molecule has 0 radical (unpaired) electrons. The van der Waals surface area contributed by atoms with Gasteiger partial charge in [-0.15, -0.1) is 0 Å². The van der Waals surface area contributed by atoms with Crippen LogP contribution in [0.5, 0.6) is 0 Å². The number of Topliss-reactive ketones (excluding diaryl/α,β-unsaturated/α-hetero) is 1. The van der Waals surface area contributed by atoms with Crippen molar-refractivity contribution in [2.45, 2.75) is 0 Å². The lowest BCUT2D eigenvalue weighted by atomic mass is 10.0. The number of halogens is 1. The molecule has 34 heavy (non-hydrogen) atoms. The Morgan fingerprint density at radius 2 is 1.56 bits per heavy atom. The number of fused-ring (bicyclic) bond motifs is 1. The fourth-order valence-electron chi connectivity index (χ4n) is 4.25. The molecule has 0 bridgehead atoms. The van der Waals surface area contributed by atoms with Gasteiger partial charge < -0.3 is 38.6 Å². The van der Waals surface area contributed by atoms with Gasteiger partial charge in [0.1, 0.15) is 17.2 Å². The number of anilines is 2. The van der Waals surface area contributed by atoms with Crippen molar-refractivity contribution in [1.82, 2.24) is 4.40 Å². The van der Waals surface area contributed by atoms with E-state index in [9.17, 15) is 9.59 Å². The van der Waals surface area contributed by atoms with Gasteiger partial charge in [0, 0.05) is 28.7 Å². The number of benzene rings is 2. The van der Waals surface area contributed by atoms with Crippen molar-refractivity contribution in [1.29, 1.82) is 0 Å². The van der Waals surface area contributed by atoms with Gasteiger partial charge in [0.15, 0.2) is 0 Å². The molecule has 0 spiro atoms. The van der Waals surface area contributed by atoms with E-state index in [2.05, 4.69) is 16.5 Å². The van der Waals surface area contributed by atoms with Crippen molar-refractivity contribution in [2.75, 3.05) is 41.1 Å². The summed E-state index contributed by atoms with van der Waals surface area (Å²) in [6.45, 7) is 2.13. The normalized spacial score (nSPS) is 14.0. The Morgan fingerprint density at radius 1 is 0.882 bits per heavy atom. The van der Waals surface area contributed by atoms with Crippen LogP contribution in [-0.4, -0.2) is 46.9 Å². The number of nitrogens with one attached hydrogen (secondary N) is 1. The molecule has 7 heteroatoms. The van der Waals surface area contributed by atoms with Gasteiger partial charge >= 0.3 is 0 Å². The minimum atomic E-state index is -0.642. The van der Waals surface area contributed by atoms with Gasteiger partial charge in [0.25, 0.3) is 11.7 Å². The number of ketones is 1. The lowest BCUT2D eigenvalue weighted by Crippen LogP contribution is -3.00. The molecule has 1 amide bonds. The van der Waals surface area contributed by atoms with Crippen LogP contribution in [0, 0.1) is 0 Å². The molecule has 4 aromatic rings. The minimum absolute atomic E-state index is 0. The van der Waals surface area contributed by atoms with Crippen LogP contribution in [0.2, 0.25) is 0 Å². The van der Waals surface area contributed by atoms with E-state index in [0.717, 1.165) is 35.4 Å². The van der Waals surface area contributed by atoms with E-state index >= 15 is 0 Å². The summed E-state index contributed by atoms with van der Waals surface area (Å²) in [7, 11) is 0.519. The van der Waals surface area contributed by atoms with Gasteiger partial charge in [-0.25, -0.2) is 0 Å². The van der Waals surface area contributed by atoms with Crippen LogP contribution in [0.4, 0.5) is 11.4 Å². The number of hydrogen-bond donors (Lipinski definition) is 1. The highest BCUT2D eigenvalue weighted by Crippen LogP contribution is 2.28. The number of carbonyl (C=O) groups is 2. The van der Waals surface area contributed by atoms with E-state index < -0.39 is 11.7 Å². The topological polar surface area (TPSA) is 53.8 Å². The summed E-state index contributed by atoms with van der Waals surface area (Å²) in [5, 5.41) is 2.79. The number of hydrogen-bond acceptors (Lipinski definition) is 3. The summed E-state index contributed by atoms with van der Waals surface area (Å²) in [5.41, 5.74) is 4.66. The third kappa shape index (κ3) is 5.00. The maximum absolute atomic E-state index is 13.3. The van der Waals surface area contributed by atoms with Gasteiger partial charge in [-0.2, -0.15) is 0 Å². The quantitative estimate of drug-likeness (QED) is 0.168. The van der Waals surface area contributed by atoms with Crippen LogP contribution >= 0.6 is 0 Å². The van der Waals surface area contributed by atoms with Gasteiger partial charge in [-0.1, -0.05) is 36.4 Å². The smallest absolute Gasteiger partial charge is 0.298 e. The fraction of sp³-hybridized carbons (Fsp3) is 0.185. The molecular weight excluding hydrogens is 557 g/mol. The van der Waals surface area contributed by atoms with E-state index in [1.165, 1.54) is 11.5 Å². The Morgan fingerprint density at radius 3 is 2.26 bits per heavy atom. The first-order chi connectivity index (χ1) is 16.1. The van der Waals surface area contributed by atoms with Crippen LogP contribution in [0.1, 0.15) is 10.5 Å². The number of nitrogens with zero attached hydrogens (tertiary/aromatic N) is 2. The zero-order chi connectivity index (χ0) is 22.8. The van der Waals surface area contributed by atoms with E-state index in [4.69, 9.17) is 0 Å². The predicted octanol–water partition coefficient (Wildman–Crippen LogP) is 1.50. The van der Waals surface area contributed by atoms with Crippen molar-refractivity contribution >= 4 is 39.5 Å². The average Bonchev–Trinajstić information content (AvgIpc) is 3.25. The highest BCUT2D eigenvalue weighted by atomic mass is 127. The highest BCUT2D eigenvalue weighted by Gasteiger charge is 2.25. The molecule has 5 rings (SSSR count). The first-order valence-electron chi connectivity index (χ1n) is 11.1. The lowest BCUT2D eigenvalue weighted by Gasteiger charge is -2.27. The van der Waals surface area contributed by atoms with Gasteiger partial charge in [-0.3, -0.25) is 9.59 Å². The standard InChI is InChI=1S/C27H25N3O2S.HI/c1-33-17-15-29(16-18-33)22-12-10-21(11-13-22)28-27(32)26(31)25-24(20-7-3-2-4-8-20)19-23-9-5-6-14-30(23)25;/h2-14,19H,15-18H2,1H3;1H. The van der Waals surface area contributed by atoms with Crippen LogP contribution < -0.4 is 34.2 Å². The van der Waals surface area contributed by atoms with Gasteiger partial charge in [0.2, 0.25) is 0 Å². The molecule has 1 aliphatic rings. The largest absolute Gasteiger partial charge is 1.00 e. The number of carbonyl (C=O) groups excluding carboxylic acids is 2. The van der Waals surface area contributed by atoms with E-state index in [-0.39, 0.29) is 24.0 Å². The molecule has 1 saturated heterocycles. The molecule has 0 atom stereocenters. The Balaban J connectivity index is 0.00000274. The van der Waals surface area contributed by atoms with Crippen LogP contribution in [0.15, 0.2) is 85.1 Å². The molecule has 5 nitrogen and oxygen atoms in total. The Kier molecular flexibility index (Phi) is 7.63. The van der Waals surface area contributed by atoms with Crippen LogP contribution in [-0.2, 0) is 15.7 Å². The van der Waals surface area contributed by atoms with Crippen molar-refractivity contribution < 1.29 is 33.6 Å². The predicted molar refractivity (Wildman–Crippen MR) is 137 cm³/mol. The summed E-state index contributed by atoms with van der Waals surface area (Å²) in [5.74, 6) is 1.25. The van der Waals surface area contributed by atoms with E-state index in [1.54, 1.807) is 4.40 Å². The minimum Gasteiger partial charge on any atom is -1.00 e. The summed E-state index contributed by atoms with van der Waals surface area (Å²) in [4.78, 5) is 28.7. The fourth-order valence-corrected chi connectivity index (χ4v) is 5.52. The van der Waals surface area contributed by atoms with Crippen LogP contribution in [0.25, 0.3) is 16.6 Å². The Labute approximate surface area is 219 Å². The zero-order valence-electron chi connectivity index (χ0n) is 18.9. The zero-order valence-corrected chi connectivity index (χ0v) is 21.9. The molecule has 174 valence electrons. The Bertz CT molecular complexity index is 1300. The van der Waals surface area contributed by atoms with Crippen molar-refractivity contribution in [3.63, 3.8) is 0 Å². The summed E-state index contributed by atoms with van der Waals surface area (Å²) in [6, 6.07) is 25.1. The molecule has 2 aromatic heterocycles. The number of aromatic nitrogens is 1. The maximum Gasteiger partial charge on any atom is 0.298 e. The van der Waals surface area contributed by atoms with Gasteiger partial charge in [-0.05, 0) is 58.9 Å². The molecule has 1 fully saturated rings. The second kappa shape index (κ2) is 10.7. The number of amides is 1. The molecule has 1 aliphatic heterocycles. The number of pyridine rings is 1. The molecule has 0 saturated carbocycles. The highest BCUT2D eigenvalue weighted by molar-refractivity contribution is 7.96. The third-order valence-electron chi connectivity index (χ3n) is 6.10. The number of rotatable bonds is 5. The first kappa shape index (κ1) is 24.3. The lowest BCUT2D eigenvalue weighted by molar-refractivity contribution is -0.112. The SMILES string of the molecule is C[S+]1CCN(c2ccc(NC(=O)C(=O)c3c(-c4ccccc4)cc4ccccn34)cc2)CC1.[I-]. The molecule has 2 aromatic carbocycles. The van der Waals surface area contributed by atoms with Crippen molar-refractivity contribution in [2.24, 2.45) is 0 Å². The molecule has 0 unspecified atom stereocenters.